The molecule has 0 radical (unpaired) electrons. The van der Waals surface area contributed by atoms with Gasteiger partial charge in [0, 0.05) is 57.3 Å². The van der Waals surface area contributed by atoms with E-state index in [1.807, 2.05) is 11.8 Å². The Bertz CT molecular complexity index is 616. The Morgan fingerprint density at radius 3 is 2.29 bits per heavy atom. The van der Waals surface area contributed by atoms with Crippen LogP contribution in [0.25, 0.3) is 0 Å². The van der Waals surface area contributed by atoms with Crippen LogP contribution in [0.4, 0.5) is 13.2 Å². The third kappa shape index (κ3) is 6.67. The molecule has 12 heteroatoms. The van der Waals surface area contributed by atoms with Gasteiger partial charge in [0.15, 0.2) is 5.96 Å². The predicted octanol–water partition coefficient (Wildman–Crippen LogP) is 0.899. The maximum Gasteiger partial charge on any atom is 0.403 e. The molecule has 7 nitrogen and oxygen atoms in total. The first kappa shape index (κ1) is 23.6. The molecule has 0 aromatic rings. The molecular weight excluding hydrogens is 415 g/mol. The summed E-state index contributed by atoms with van der Waals surface area (Å²) in [5.74, 6) is 2.13. The molecule has 28 heavy (non-hydrogen) atoms. The van der Waals surface area contributed by atoms with Gasteiger partial charge in [-0.2, -0.15) is 24.9 Å². The van der Waals surface area contributed by atoms with Gasteiger partial charge in [-0.3, -0.25) is 9.89 Å². The molecule has 0 aromatic heterocycles. The smallest absolute Gasteiger partial charge is 0.357 e. The highest BCUT2D eigenvalue weighted by molar-refractivity contribution is 7.99. The van der Waals surface area contributed by atoms with Crippen molar-refractivity contribution in [3.63, 3.8) is 0 Å². The second kappa shape index (κ2) is 10.4. The summed E-state index contributed by atoms with van der Waals surface area (Å²) in [5.41, 5.74) is 0. The SMILES string of the molecule is CCNC(=NCCS(=O)(=O)N1CCSCC1)N1CCN(C(C)C(F)(F)F)CC1. The molecule has 2 saturated heterocycles. The van der Waals surface area contributed by atoms with Crippen LogP contribution in [0.15, 0.2) is 4.99 Å². The molecule has 2 heterocycles. The van der Waals surface area contributed by atoms with Crippen LogP contribution >= 0.6 is 11.8 Å². The minimum absolute atomic E-state index is 0.0579. The van der Waals surface area contributed by atoms with Crippen LogP contribution in [0, 0.1) is 0 Å². The van der Waals surface area contributed by atoms with Gasteiger partial charge in [0.25, 0.3) is 0 Å². The Kier molecular flexibility index (Phi) is 8.71. The fourth-order valence-electron chi connectivity index (χ4n) is 3.17. The van der Waals surface area contributed by atoms with E-state index in [0.29, 0.717) is 38.7 Å². The minimum Gasteiger partial charge on any atom is -0.357 e. The van der Waals surface area contributed by atoms with E-state index in [0.717, 1.165) is 11.5 Å². The fraction of sp³-hybridized carbons (Fsp3) is 0.938. The molecule has 2 aliphatic rings. The lowest BCUT2D eigenvalue weighted by Gasteiger charge is -2.39. The van der Waals surface area contributed by atoms with Gasteiger partial charge in [-0.15, -0.1) is 0 Å². The summed E-state index contributed by atoms with van der Waals surface area (Å²) >= 11 is 1.75. The first-order chi connectivity index (χ1) is 13.1. The van der Waals surface area contributed by atoms with Crippen LogP contribution in [-0.4, -0.2) is 110 Å². The van der Waals surface area contributed by atoms with Gasteiger partial charge < -0.3 is 10.2 Å². The Labute approximate surface area is 169 Å². The van der Waals surface area contributed by atoms with Crippen molar-refractivity contribution < 1.29 is 21.6 Å². The summed E-state index contributed by atoms with van der Waals surface area (Å²) in [6.07, 6.45) is -4.23. The molecule has 1 N–H and O–H groups in total. The summed E-state index contributed by atoms with van der Waals surface area (Å²) in [4.78, 5) is 7.73. The number of nitrogens with zero attached hydrogens (tertiary/aromatic N) is 4. The number of nitrogens with one attached hydrogen (secondary N) is 1. The van der Waals surface area contributed by atoms with Gasteiger partial charge in [-0.1, -0.05) is 0 Å². The molecule has 2 fully saturated rings. The molecule has 2 rings (SSSR count). The summed E-state index contributed by atoms with van der Waals surface area (Å²) < 4.78 is 65.0. The van der Waals surface area contributed by atoms with E-state index < -0.39 is 22.2 Å². The van der Waals surface area contributed by atoms with Crippen LogP contribution in [-0.2, 0) is 10.0 Å². The standard InChI is InChI=1S/C16H30F3N5O2S2/c1-3-20-15(21-4-13-28(25,26)24-9-11-27-12-10-24)23-7-5-22(6-8-23)14(2)16(17,18)19/h14H,3-13H2,1-2H3,(H,20,21). The first-order valence-electron chi connectivity index (χ1n) is 9.54. The molecule has 164 valence electrons. The topological polar surface area (TPSA) is 68.2 Å². The minimum atomic E-state index is -4.23. The van der Waals surface area contributed by atoms with Crippen molar-refractivity contribution in [3.05, 3.63) is 0 Å². The molecule has 1 unspecified atom stereocenters. The summed E-state index contributed by atoms with van der Waals surface area (Å²) in [7, 11) is -3.33. The van der Waals surface area contributed by atoms with Gasteiger partial charge in [-0.05, 0) is 13.8 Å². The number of rotatable bonds is 6. The van der Waals surface area contributed by atoms with E-state index in [1.165, 1.54) is 16.1 Å². The van der Waals surface area contributed by atoms with Crippen molar-refractivity contribution in [1.29, 1.82) is 0 Å². The average molecular weight is 446 g/mol. The van der Waals surface area contributed by atoms with Crippen LogP contribution in [0.5, 0.6) is 0 Å². The van der Waals surface area contributed by atoms with Crippen LogP contribution in [0.3, 0.4) is 0 Å². The zero-order chi connectivity index (χ0) is 20.8. The fourth-order valence-corrected chi connectivity index (χ4v) is 5.63. The lowest BCUT2D eigenvalue weighted by molar-refractivity contribution is -0.181. The van der Waals surface area contributed by atoms with Crippen LogP contribution < -0.4 is 5.32 Å². The number of hydrogen-bond acceptors (Lipinski definition) is 5. The molecule has 0 aliphatic carbocycles. The summed E-state index contributed by atoms with van der Waals surface area (Å²) in [6.45, 7) is 6.31. The molecule has 0 bridgehead atoms. The predicted molar refractivity (Wildman–Crippen MR) is 107 cm³/mol. The highest BCUT2D eigenvalue weighted by atomic mass is 32.2. The van der Waals surface area contributed by atoms with Crippen molar-refractivity contribution >= 4 is 27.7 Å². The summed E-state index contributed by atoms with van der Waals surface area (Å²) in [6, 6.07) is -1.47. The largest absolute Gasteiger partial charge is 0.403 e. The van der Waals surface area contributed by atoms with Gasteiger partial charge in [0.05, 0.1) is 12.3 Å². The maximum absolute atomic E-state index is 12.9. The number of halogens is 3. The van der Waals surface area contributed by atoms with Gasteiger partial charge >= 0.3 is 6.18 Å². The lowest BCUT2D eigenvalue weighted by atomic mass is 10.2. The monoisotopic (exact) mass is 445 g/mol. The number of thioether (sulfide) groups is 1. The third-order valence-electron chi connectivity index (χ3n) is 4.94. The number of alkyl halides is 3. The van der Waals surface area contributed by atoms with E-state index >= 15 is 0 Å². The molecule has 2 aliphatic heterocycles. The molecule has 1 atom stereocenters. The lowest BCUT2D eigenvalue weighted by Crippen LogP contribution is -2.56. The van der Waals surface area contributed by atoms with E-state index in [2.05, 4.69) is 10.3 Å². The number of piperazine rings is 1. The van der Waals surface area contributed by atoms with Gasteiger partial charge in [0.1, 0.15) is 6.04 Å². The molecule has 0 amide bonds. The highest BCUT2D eigenvalue weighted by Crippen LogP contribution is 2.25. The van der Waals surface area contributed by atoms with Crippen LogP contribution in [0.2, 0.25) is 0 Å². The van der Waals surface area contributed by atoms with E-state index in [1.54, 1.807) is 11.8 Å². The molecule has 0 spiro atoms. The van der Waals surface area contributed by atoms with Crippen molar-refractivity contribution in [1.82, 2.24) is 19.4 Å². The Balaban J connectivity index is 1.90. The number of sulfonamides is 1. The zero-order valence-corrected chi connectivity index (χ0v) is 18.0. The molecular formula is C16H30F3N5O2S2. The van der Waals surface area contributed by atoms with Crippen molar-refractivity contribution in [2.75, 3.05) is 69.6 Å². The third-order valence-corrected chi connectivity index (χ3v) is 7.74. The van der Waals surface area contributed by atoms with E-state index in [4.69, 9.17) is 0 Å². The van der Waals surface area contributed by atoms with Crippen LogP contribution in [0.1, 0.15) is 13.8 Å². The zero-order valence-electron chi connectivity index (χ0n) is 16.4. The molecule has 0 aromatic carbocycles. The Morgan fingerprint density at radius 1 is 1.14 bits per heavy atom. The first-order valence-corrected chi connectivity index (χ1v) is 12.3. The Hall–Kier alpha value is -0.720. The van der Waals surface area contributed by atoms with E-state index in [-0.39, 0.29) is 25.4 Å². The summed E-state index contributed by atoms with van der Waals surface area (Å²) in [5, 5.41) is 3.12. The number of aliphatic imine (C=N–C) groups is 1. The number of guanidine groups is 1. The average Bonchev–Trinajstić information content (AvgIpc) is 2.67. The maximum atomic E-state index is 12.9. The normalized spacial score (nSPS) is 22.3. The quantitative estimate of drug-likeness (QED) is 0.484. The second-order valence-electron chi connectivity index (χ2n) is 6.80. The Morgan fingerprint density at radius 2 is 1.75 bits per heavy atom. The number of hydrogen-bond donors (Lipinski definition) is 1. The molecule has 0 saturated carbocycles. The van der Waals surface area contributed by atoms with Crippen molar-refractivity contribution in [2.24, 2.45) is 4.99 Å². The van der Waals surface area contributed by atoms with E-state index in [9.17, 15) is 21.6 Å². The second-order valence-corrected chi connectivity index (χ2v) is 10.1. The van der Waals surface area contributed by atoms with Crippen molar-refractivity contribution in [2.45, 2.75) is 26.1 Å². The van der Waals surface area contributed by atoms with Crippen molar-refractivity contribution in [3.8, 4) is 0 Å². The highest BCUT2D eigenvalue weighted by Gasteiger charge is 2.41. The van der Waals surface area contributed by atoms with Gasteiger partial charge in [0.2, 0.25) is 10.0 Å². The van der Waals surface area contributed by atoms with Gasteiger partial charge in [-0.25, -0.2) is 12.7 Å².